The molecule has 0 bridgehead atoms. The fourth-order valence-electron chi connectivity index (χ4n) is 3.88. The summed E-state index contributed by atoms with van der Waals surface area (Å²) < 4.78 is 31.8. The molecule has 0 aromatic heterocycles. The summed E-state index contributed by atoms with van der Waals surface area (Å²) in [4.78, 5) is 0. The van der Waals surface area contributed by atoms with Crippen molar-refractivity contribution < 1.29 is 18.1 Å². The number of hydrogen-bond donors (Lipinski definition) is 2. The van der Waals surface area contributed by atoms with Crippen molar-refractivity contribution in [1.82, 2.24) is 0 Å². The lowest BCUT2D eigenvalue weighted by molar-refractivity contribution is 0.147. The minimum atomic E-state index is -3.91. The second-order valence-electron chi connectivity index (χ2n) is 8.54. The SMILES string of the molecule is CCCCCCCCCCCCCC(O)CCCCCC(CCC)S(=O)(=O)O. The van der Waals surface area contributed by atoms with E-state index in [0.29, 0.717) is 12.8 Å². The summed E-state index contributed by atoms with van der Waals surface area (Å²) in [5.41, 5.74) is 0. The second kappa shape index (κ2) is 18.9. The molecular weight excluding hydrogens is 372 g/mol. The Hall–Kier alpha value is -0.130. The van der Waals surface area contributed by atoms with E-state index < -0.39 is 15.4 Å². The predicted molar refractivity (Wildman–Crippen MR) is 120 cm³/mol. The average molecular weight is 421 g/mol. The van der Waals surface area contributed by atoms with Crippen LogP contribution in [0, 0.1) is 0 Å². The molecule has 0 rings (SSSR count). The van der Waals surface area contributed by atoms with Crippen LogP contribution < -0.4 is 0 Å². The van der Waals surface area contributed by atoms with Crippen LogP contribution in [-0.2, 0) is 10.1 Å². The van der Waals surface area contributed by atoms with E-state index in [9.17, 15) is 18.1 Å². The van der Waals surface area contributed by atoms with Gasteiger partial charge in [-0.2, -0.15) is 8.42 Å². The molecule has 170 valence electrons. The topological polar surface area (TPSA) is 74.6 Å². The van der Waals surface area contributed by atoms with Crippen molar-refractivity contribution in [3.8, 4) is 0 Å². The minimum absolute atomic E-state index is 0.216. The lowest BCUT2D eigenvalue weighted by atomic mass is 10.0. The van der Waals surface area contributed by atoms with E-state index in [0.717, 1.165) is 44.9 Å². The molecule has 5 heteroatoms. The first-order valence-electron chi connectivity index (χ1n) is 12.1. The lowest BCUT2D eigenvalue weighted by Crippen LogP contribution is -2.20. The maximum absolute atomic E-state index is 11.3. The molecule has 2 N–H and O–H groups in total. The molecule has 2 atom stereocenters. The summed E-state index contributed by atoms with van der Waals surface area (Å²) in [6, 6.07) is 0. The molecule has 0 spiro atoms. The summed E-state index contributed by atoms with van der Waals surface area (Å²) in [6.07, 6.45) is 20.5. The van der Waals surface area contributed by atoms with Gasteiger partial charge < -0.3 is 5.11 Å². The molecule has 0 aromatic carbocycles. The summed E-state index contributed by atoms with van der Waals surface area (Å²) in [7, 11) is -3.91. The van der Waals surface area contributed by atoms with Crippen molar-refractivity contribution in [3.05, 3.63) is 0 Å². The van der Waals surface area contributed by atoms with Gasteiger partial charge in [0.15, 0.2) is 0 Å². The first kappa shape index (κ1) is 27.9. The van der Waals surface area contributed by atoms with Crippen molar-refractivity contribution in [2.45, 2.75) is 147 Å². The van der Waals surface area contributed by atoms with Crippen molar-refractivity contribution in [2.24, 2.45) is 0 Å². The molecule has 0 aliphatic rings. The van der Waals surface area contributed by atoms with Crippen molar-refractivity contribution >= 4 is 10.1 Å². The Morgan fingerprint density at radius 3 is 1.39 bits per heavy atom. The van der Waals surface area contributed by atoms with Crippen LogP contribution in [0.4, 0.5) is 0 Å². The van der Waals surface area contributed by atoms with Crippen LogP contribution >= 0.6 is 0 Å². The van der Waals surface area contributed by atoms with Crippen LogP contribution in [-0.4, -0.2) is 29.4 Å². The molecule has 0 saturated heterocycles. The maximum atomic E-state index is 11.3. The molecule has 0 saturated carbocycles. The Morgan fingerprint density at radius 2 is 0.964 bits per heavy atom. The van der Waals surface area contributed by atoms with Crippen LogP contribution in [0.1, 0.15) is 136 Å². The van der Waals surface area contributed by atoms with Crippen molar-refractivity contribution in [3.63, 3.8) is 0 Å². The van der Waals surface area contributed by atoms with Gasteiger partial charge in [0.2, 0.25) is 0 Å². The lowest BCUT2D eigenvalue weighted by Gasteiger charge is -2.13. The van der Waals surface area contributed by atoms with Crippen molar-refractivity contribution in [2.75, 3.05) is 0 Å². The zero-order chi connectivity index (χ0) is 21.1. The Balaban J connectivity index is 3.45. The molecule has 0 aromatic rings. The van der Waals surface area contributed by atoms with Gasteiger partial charge in [-0.1, -0.05) is 110 Å². The highest BCUT2D eigenvalue weighted by Crippen LogP contribution is 2.18. The Bertz CT molecular complexity index is 422. The molecular formula is C23H48O4S. The van der Waals surface area contributed by atoms with E-state index in [1.54, 1.807) is 0 Å². The van der Waals surface area contributed by atoms with E-state index in [1.165, 1.54) is 64.2 Å². The number of hydrogen-bond acceptors (Lipinski definition) is 3. The highest BCUT2D eigenvalue weighted by Gasteiger charge is 2.21. The second-order valence-corrected chi connectivity index (χ2v) is 10.2. The van der Waals surface area contributed by atoms with E-state index in [-0.39, 0.29) is 6.10 Å². The summed E-state index contributed by atoms with van der Waals surface area (Å²) >= 11 is 0. The third-order valence-electron chi connectivity index (χ3n) is 5.74. The first-order valence-corrected chi connectivity index (χ1v) is 13.6. The van der Waals surface area contributed by atoms with Crippen LogP contribution in [0.25, 0.3) is 0 Å². The normalized spacial score (nSPS) is 14.3. The zero-order valence-corrected chi connectivity index (χ0v) is 19.5. The van der Waals surface area contributed by atoms with E-state index >= 15 is 0 Å². The molecule has 0 heterocycles. The standard InChI is InChI=1S/C23H48O4S/c1-3-5-6-7-8-9-10-11-12-13-15-19-22(24)20-16-14-17-21-23(18-4-2)28(25,26)27/h22-24H,3-21H2,1-2H3,(H,25,26,27). The van der Waals surface area contributed by atoms with Gasteiger partial charge in [-0.05, 0) is 25.7 Å². The smallest absolute Gasteiger partial charge is 0.267 e. The highest BCUT2D eigenvalue weighted by molar-refractivity contribution is 7.86. The van der Waals surface area contributed by atoms with E-state index in [2.05, 4.69) is 6.92 Å². The third-order valence-corrected chi connectivity index (χ3v) is 7.05. The Labute approximate surface area is 175 Å². The molecule has 0 aliphatic heterocycles. The summed E-state index contributed by atoms with van der Waals surface area (Å²) in [5.74, 6) is 0. The molecule has 4 nitrogen and oxygen atoms in total. The van der Waals surface area contributed by atoms with E-state index in [1.807, 2.05) is 6.92 Å². The van der Waals surface area contributed by atoms with Crippen LogP contribution in [0.2, 0.25) is 0 Å². The fourth-order valence-corrected chi connectivity index (χ4v) is 4.88. The number of unbranched alkanes of at least 4 members (excludes halogenated alkanes) is 12. The van der Waals surface area contributed by atoms with Gasteiger partial charge in [-0.25, -0.2) is 0 Å². The van der Waals surface area contributed by atoms with Crippen LogP contribution in [0.3, 0.4) is 0 Å². The van der Waals surface area contributed by atoms with Gasteiger partial charge in [-0.3, -0.25) is 4.55 Å². The Kier molecular flexibility index (Phi) is 18.8. The van der Waals surface area contributed by atoms with Crippen LogP contribution in [0.5, 0.6) is 0 Å². The van der Waals surface area contributed by atoms with Crippen molar-refractivity contribution in [1.29, 1.82) is 0 Å². The van der Waals surface area contributed by atoms with Gasteiger partial charge in [0.25, 0.3) is 10.1 Å². The quantitative estimate of drug-likeness (QED) is 0.154. The molecule has 28 heavy (non-hydrogen) atoms. The van der Waals surface area contributed by atoms with Crippen LogP contribution in [0.15, 0.2) is 0 Å². The summed E-state index contributed by atoms with van der Waals surface area (Å²) in [5, 5.41) is 9.47. The fraction of sp³-hybridized carbons (Fsp3) is 1.00. The van der Waals surface area contributed by atoms with E-state index in [4.69, 9.17) is 0 Å². The van der Waals surface area contributed by atoms with Gasteiger partial charge >= 0.3 is 0 Å². The minimum Gasteiger partial charge on any atom is -0.393 e. The zero-order valence-electron chi connectivity index (χ0n) is 18.7. The molecule has 0 amide bonds. The first-order chi connectivity index (χ1) is 13.4. The summed E-state index contributed by atoms with van der Waals surface area (Å²) in [6.45, 7) is 4.19. The van der Waals surface area contributed by atoms with Gasteiger partial charge in [-0.15, -0.1) is 0 Å². The van der Waals surface area contributed by atoms with Gasteiger partial charge in [0.05, 0.1) is 11.4 Å². The highest BCUT2D eigenvalue weighted by atomic mass is 32.2. The Morgan fingerprint density at radius 1 is 0.571 bits per heavy atom. The molecule has 0 fully saturated rings. The number of aliphatic hydroxyl groups is 1. The average Bonchev–Trinajstić information content (AvgIpc) is 2.64. The van der Waals surface area contributed by atoms with Gasteiger partial charge in [0.1, 0.15) is 0 Å². The largest absolute Gasteiger partial charge is 0.393 e. The molecule has 0 radical (unpaired) electrons. The predicted octanol–water partition coefficient (Wildman–Crippen LogP) is 7.06. The molecule has 0 aliphatic carbocycles. The number of rotatable bonds is 21. The third kappa shape index (κ3) is 17.9. The van der Waals surface area contributed by atoms with Gasteiger partial charge in [0, 0.05) is 0 Å². The number of aliphatic hydroxyl groups excluding tert-OH is 1. The molecule has 2 unspecified atom stereocenters. The monoisotopic (exact) mass is 420 g/mol. The maximum Gasteiger partial charge on any atom is 0.267 e.